The van der Waals surface area contributed by atoms with Gasteiger partial charge in [-0.05, 0) is 12.8 Å². The van der Waals surface area contributed by atoms with Gasteiger partial charge >= 0.3 is 0 Å². The topological polar surface area (TPSA) is 37.8 Å². The molecule has 1 aromatic rings. The van der Waals surface area contributed by atoms with Crippen molar-refractivity contribution in [3.8, 4) is 0 Å². The number of aromatic nitrogens is 2. The highest BCUT2D eigenvalue weighted by Gasteiger charge is 2.29. The minimum atomic E-state index is 0.521. The summed E-state index contributed by atoms with van der Waals surface area (Å²) in [5, 5.41) is 4.02. The number of hydrogen-bond acceptors (Lipinski definition) is 5. The summed E-state index contributed by atoms with van der Waals surface area (Å²) in [7, 11) is 0. The van der Waals surface area contributed by atoms with Crippen LogP contribution in [-0.4, -0.2) is 33.8 Å². The van der Waals surface area contributed by atoms with E-state index >= 15 is 0 Å². The van der Waals surface area contributed by atoms with E-state index in [1.54, 1.807) is 0 Å². The van der Waals surface area contributed by atoms with Crippen molar-refractivity contribution >= 4 is 23.5 Å². The van der Waals surface area contributed by atoms with Gasteiger partial charge in [0.05, 0.1) is 16.6 Å². The molecule has 1 saturated heterocycles. The van der Waals surface area contributed by atoms with E-state index in [-0.39, 0.29) is 0 Å². The van der Waals surface area contributed by atoms with Crippen molar-refractivity contribution < 1.29 is 0 Å². The van der Waals surface area contributed by atoms with Crippen LogP contribution in [-0.2, 0) is 13.0 Å². The van der Waals surface area contributed by atoms with Gasteiger partial charge in [-0.15, -0.1) is 11.8 Å². The van der Waals surface area contributed by atoms with Gasteiger partial charge in [0.2, 0.25) is 0 Å². The molecule has 1 aliphatic carbocycles. The van der Waals surface area contributed by atoms with Gasteiger partial charge in [-0.25, -0.2) is 9.97 Å². The molecule has 2 aliphatic heterocycles. The smallest absolute Gasteiger partial charge is 0.142 e. The summed E-state index contributed by atoms with van der Waals surface area (Å²) in [6.45, 7) is 2.05. The lowest BCUT2D eigenvalue weighted by Crippen LogP contribution is -2.29. The molecule has 3 heterocycles. The van der Waals surface area contributed by atoms with Crippen LogP contribution in [0, 0.1) is 0 Å². The highest BCUT2D eigenvalue weighted by atomic mass is 32.2. The zero-order valence-corrected chi connectivity index (χ0v) is 13.4. The summed E-state index contributed by atoms with van der Waals surface area (Å²) in [6, 6.07) is 0. The molecule has 3 aliphatic rings. The SMILES string of the molecule is C1CC(c2nc(C3CSCCS3)nc3c2CNCC3)C1. The molecule has 4 rings (SSSR count). The second kappa shape index (κ2) is 5.85. The predicted octanol–water partition coefficient (Wildman–Crippen LogP) is 2.91. The van der Waals surface area contributed by atoms with Crippen LogP contribution in [0.3, 0.4) is 0 Å². The fourth-order valence-electron chi connectivity index (χ4n) is 3.19. The Morgan fingerprint density at radius 3 is 2.85 bits per heavy atom. The molecule has 3 nitrogen and oxygen atoms in total. The Morgan fingerprint density at radius 2 is 2.10 bits per heavy atom. The van der Waals surface area contributed by atoms with Crippen molar-refractivity contribution in [2.45, 2.75) is 43.4 Å². The lowest BCUT2D eigenvalue weighted by molar-refractivity contribution is 0.402. The van der Waals surface area contributed by atoms with Crippen LogP contribution in [0.15, 0.2) is 0 Å². The second-order valence-corrected chi connectivity index (χ2v) is 8.34. The first-order valence-electron chi connectivity index (χ1n) is 7.71. The van der Waals surface area contributed by atoms with E-state index in [4.69, 9.17) is 9.97 Å². The number of nitrogens with one attached hydrogen (secondary N) is 1. The molecule has 2 fully saturated rings. The van der Waals surface area contributed by atoms with Gasteiger partial charge in [-0.1, -0.05) is 6.42 Å². The maximum Gasteiger partial charge on any atom is 0.142 e. The molecule has 0 amide bonds. The average molecular weight is 307 g/mol. The molecular formula is C15H21N3S2. The van der Waals surface area contributed by atoms with Gasteiger partial charge in [-0.2, -0.15) is 11.8 Å². The lowest BCUT2D eigenvalue weighted by Gasteiger charge is -2.31. The Bertz CT molecular complexity index is 496. The molecule has 0 spiro atoms. The van der Waals surface area contributed by atoms with Crippen LogP contribution in [0.4, 0.5) is 0 Å². The molecule has 0 bridgehead atoms. The number of thioether (sulfide) groups is 2. The summed E-state index contributed by atoms with van der Waals surface area (Å²) in [5.74, 6) is 5.56. The van der Waals surface area contributed by atoms with E-state index in [1.165, 1.54) is 53.5 Å². The van der Waals surface area contributed by atoms with E-state index in [2.05, 4.69) is 28.8 Å². The molecule has 1 atom stereocenters. The maximum atomic E-state index is 5.05. The quantitative estimate of drug-likeness (QED) is 0.909. The molecule has 0 radical (unpaired) electrons. The Kier molecular flexibility index (Phi) is 3.92. The molecule has 1 saturated carbocycles. The fourth-order valence-corrected chi connectivity index (χ4v) is 5.79. The van der Waals surface area contributed by atoms with E-state index < -0.39 is 0 Å². The Labute approximate surface area is 129 Å². The lowest BCUT2D eigenvalue weighted by atomic mass is 9.80. The van der Waals surface area contributed by atoms with Crippen molar-refractivity contribution in [2.75, 3.05) is 23.8 Å². The van der Waals surface area contributed by atoms with E-state index in [0.717, 1.165) is 25.3 Å². The summed E-state index contributed by atoms with van der Waals surface area (Å²) < 4.78 is 0. The van der Waals surface area contributed by atoms with Gasteiger partial charge in [0, 0.05) is 48.3 Å². The number of rotatable bonds is 2. The van der Waals surface area contributed by atoms with Gasteiger partial charge in [0.15, 0.2) is 0 Å². The number of fused-ring (bicyclic) bond motifs is 1. The van der Waals surface area contributed by atoms with Crippen molar-refractivity contribution in [3.63, 3.8) is 0 Å². The molecule has 0 aromatic carbocycles. The maximum absolute atomic E-state index is 5.05. The minimum absolute atomic E-state index is 0.521. The first-order chi connectivity index (χ1) is 9.92. The van der Waals surface area contributed by atoms with Crippen molar-refractivity contribution in [2.24, 2.45) is 0 Å². The summed E-state index contributed by atoms with van der Waals surface area (Å²) >= 11 is 4.11. The molecular weight excluding hydrogens is 286 g/mol. The van der Waals surface area contributed by atoms with Crippen LogP contribution < -0.4 is 5.32 Å². The first-order valence-corrected chi connectivity index (χ1v) is 9.92. The van der Waals surface area contributed by atoms with Crippen molar-refractivity contribution in [1.82, 2.24) is 15.3 Å². The first kappa shape index (κ1) is 13.4. The third kappa shape index (κ3) is 2.48. The molecule has 1 aromatic heterocycles. The van der Waals surface area contributed by atoms with Crippen LogP contribution in [0.1, 0.15) is 53.2 Å². The van der Waals surface area contributed by atoms with E-state index in [0.29, 0.717) is 11.2 Å². The largest absolute Gasteiger partial charge is 0.312 e. The van der Waals surface area contributed by atoms with Crippen LogP contribution >= 0.6 is 23.5 Å². The van der Waals surface area contributed by atoms with E-state index in [1.807, 2.05) is 0 Å². The third-order valence-electron chi connectivity index (χ3n) is 4.58. The Hall–Kier alpha value is -0.260. The van der Waals surface area contributed by atoms with Crippen LogP contribution in [0.25, 0.3) is 0 Å². The normalized spacial score (nSPS) is 26.9. The highest BCUT2D eigenvalue weighted by molar-refractivity contribution is 8.06. The number of nitrogens with zero attached hydrogens (tertiary/aromatic N) is 2. The summed E-state index contributed by atoms with van der Waals surface area (Å²) in [5.41, 5.74) is 4.16. The zero-order valence-electron chi connectivity index (χ0n) is 11.7. The summed E-state index contributed by atoms with van der Waals surface area (Å²) in [6.07, 6.45) is 5.11. The second-order valence-electron chi connectivity index (χ2n) is 5.88. The van der Waals surface area contributed by atoms with Gasteiger partial charge in [0.25, 0.3) is 0 Å². The fraction of sp³-hybridized carbons (Fsp3) is 0.733. The Balaban J connectivity index is 1.71. The zero-order chi connectivity index (χ0) is 13.4. The van der Waals surface area contributed by atoms with Gasteiger partial charge < -0.3 is 5.32 Å². The summed E-state index contributed by atoms with van der Waals surface area (Å²) in [4.78, 5) is 10.00. The molecule has 1 N–H and O–H groups in total. The average Bonchev–Trinajstić information content (AvgIpc) is 2.46. The monoisotopic (exact) mass is 307 g/mol. The van der Waals surface area contributed by atoms with Crippen LogP contribution in [0.2, 0.25) is 0 Å². The van der Waals surface area contributed by atoms with Crippen molar-refractivity contribution in [3.05, 3.63) is 22.8 Å². The molecule has 5 heteroatoms. The standard InChI is InChI=1S/C15H21N3S2/c1-2-10(3-1)14-11-8-16-5-4-12(11)17-15(18-14)13-9-19-6-7-20-13/h10,13,16H,1-9H2. The molecule has 108 valence electrons. The highest BCUT2D eigenvalue weighted by Crippen LogP contribution is 2.40. The molecule has 20 heavy (non-hydrogen) atoms. The molecule has 1 unspecified atom stereocenters. The third-order valence-corrected chi connectivity index (χ3v) is 7.33. The minimum Gasteiger partial charge on any atom is -0.312 e. The van der Waals surface area contributed by atoms with Gasteiger partial charge in [-0.3, -0.25) is 0 Å². The van der Waals surface area contributed by atoms with E-state index in [9.17, 15) is 0 Å². The predicted molar refractivity (Wildman–Crippen MR) is 86.6 cm³/mol. The number of hydrogen-bond donors (Lipinski definition) is 1. The Morgan fingerprint density at radius 1 is 1.15 bits per heavy atom. The van der Waals surface area contributed by atoms with Gasteiger partial charge in [0.1, 0.15) is 5.82 Å². The van der Waals surface area contributed by atoms with Crippen LogP contribution in [0.5, 0.6) is 0 Å². The van der Waals surface area contributed by atoms with Crippen molar-refractivity contribution in [1.29, 1.82) is 0 Å².